The summed E-state index contributed by atoms with van der Waals surface area (Å²) in [5, 5.41) is 4.72. The molecule has 0 aromatic carbocycles. The van der Waals surface area contributed by atoms with E-state index in [1.54, 1.807) is 12.5 Å². The van der Waals surface area contributed by atoms with Crippen molar-refractivity contribution >= 4 is 17.6 Å². The molecule has 6 heteroatoms. The van der Waals surface area contributed by atoms with Gasteiger partial charge < -0.3 is 9.73 Å². The number of hydrogen-bond donors (Lipinski definition) is 1. The van der Waals surface area contributed by atoms with Crippen LogP contribution in [0, 0.1) is 0 Å². The minimum absolute atomic E-state index is 0.535. The van der Waals surface area contributed by atoms with Crippen molar-refractivity contribution in [3.05, 3.63) is 24.4 Å². The molecule has 1 N–H and O–H groups in total. The molecular formula is C12H14N4OS. The van der Waals surface area contributed by atoms with Gasteiger partial charge in [-0.15, -0.1) is 0 Å². The summed E-state index contributed by atoms with van der Waals surface area (Å²) in [7, 11) is 0. The van der Waals surface area contributed by atoms with Gasteiger partial charge in [0.15, 0.2) is 0 Å². The zero-order valence-corrected chi connectivity index (χ0v) is 10.9. The van der Waals surface area contributed by atoms with Crippen LogP contribution in [0.3, 0.4) is 0 Å². The van der Waals surface area contributed by atoms with Crippen molar-refractivity contribution in [1.29, 1.82) is 0 Å². The lowest BCUT2D eigenvalue weighted by molar-refractivity contribution is 0.454. The van der Waals surface area contributed by atoms with Gasteiger partial charge in [0, 0.05) is 18.5 Å². The maximum Gasteiger partial charge on any atom is 0.261 e. The lowest BCUT2D eigenvalue weighted by atomic mass is 10.4. The molecule has 0 bridgehead atoms. The van der Waals surface area contributed by atoms with E-state index in [4.69, 9.17) is 4.42 Å². The standard InChI is InChI=1S/C12H14N4OS/c1-2-13-9-7-10(18-12-14-5-6-17-12)16-11(15-9)8-3-4-8/h5-8H,2-4H2,1H3,(H,13,15,16). The highest BCUT2D eigenvalue weighted by Crippen LogP contribution is 2.39. The summed E-state index contributed by atoms with van der Waals surface area (Å²) in [6, 6.07) is 1.93. The lowest BCUT2D eigenvalue weighted by Crippen LogP contribution is -2.03. The molecule has 0 atom stereocenters. The van der Waals surface area contributed by atoms with Crippen LogP contribution in [-0.2, 0) is 0 Å². The first-order valence-electron chi connectivity index (χ1n) is 6.05. The van der Waals surface area contributed by atoms with E-state index in [9.17, 15) is 0 Å². The fourth-order valence-corrected chi connectivity index (χ4v) is 2.35. The molecule has 1 saturated carbocycles. The SMILES string of the molecule is CCNc1cc(Sc2ncco2)nc(C2CC2)n1. The van der Waals surface area contributed by atoms with Crippen LogP contribution in [0.15, 0.2) is 33.2 Å². The van der Waals surface area contributed by atoms with E-state index in [-0.39, 0.29) is 0 Å². The summed E-state index contributed by atoms with van der Waals surface area (Å²) < 4.78 is 5.22. The molecular weight excluding hydrogens is 248 g/mol. The van der Waals surface area contributed by atoms with Gasteiger partial charge in [0.1, 0.15) is 22.9 Å². The second kappa shape index (κ2) is 4.97. The summed E-state index contributed by atoms with van der Waals surface area (Å²) in [6.07, 6.45) is 5.59. The van der Waals surface area contributed by atoms with Crippen molar-refractivity contribution in [3.8, 4) is 0 Å². The van der Waals surface area contributed by atoms with E-state index in [1.807, 2.05) is 6.07 Å². The second-order valence-corrected chi connectivity index (χ2v) is 5.13. The summed E-state index contributed by atoms with van der Waals surface area (Å²) in [6.45, 7) is 2.91. The van der Waals surface area contributed by atoms with E-state index >= 15 is 0 Å². The van der Waals surface area contributed by atoms with E-state index in [2.05, 4.69) is 27.2 Å². The highest BCUT2D eigenvalue weighted by atomic mass is 32.2. The van der Waals surface area contributed by atoms with Crippen LogP contribution in [0.2, 0.25) is 0 Å². The predicted octanol–water partition coefficient (Wildman–Crippen LogP) is 2.93. The van der Waals surface area contributed by atoms with Crippen molar-refractivity contribution in [1.82, 2.24) is 15.0 Å². The van der Waals surface area contributed by atoms with Crippen molar-refractivity contribution < 1.29 is 4.42 Å². The minimum Gasteiger partial charge on any atom is -0.440 e. The van der Waals surface area contributed by atoms with Crippen LogP contribution in [0.4, 0.5) is 5.82 Å². The highest BCUT2D eigenvalue weighted by Gasteiger charge is 2.27. The Hall–Kier alpha value is -1.56. The van der Waals surface area contributed by atoms with E-state index in [0.29, 0.717) is 11.1 Å². The van der Waals surface area contributed by atoms with Gasteiger partial charge >= 0.3 is 0 Å². The molecule has 94 valence electrons. The molecule has 0 saturated heterocycles. The third-order valence-corrected chi connectivity index (χ3v) is 3.42. The number of rotatable bonds is 5. The van der Waals surface area contributed by atoms with Crippen molar-refractivity contribution in [2.75, 3.05) is 11.9 Å². The van der Waals surface area contributed by atoms with Gasteiger partial charge in [0.2, 0.25) is 0 Å². The van der Waals surface area contributed by atoms with Crippen molar-refractivity contribution in [2.45, 2.75) is 35.9 Å². The Bertz CT molecular complexity index is 525. The Labute approximate surface area is 109 Å². The summed E-state index contributed by atoms with van der Waals surface area (Å²) in [4.78, 5) is 13.2. The number of anilines is 1. The number of aromatic nitrogens is 3. The van der Waals surface area contributed by atoms with Gasteiger partial charge in [-0.2, -0.15) is 0 Å². The molecule has 2 aromatic rings. The van der Waals surface area contributed by atoms with Crippen LogP contribution in [0.25, 0.3) is 0 Å². The molecule has 1 fully saturated rings. The third-order valence-electron chi connectivity index (χ3n) is 2.62. The molecule has 0 radical (unpaired) electrons. The van der Waals surface area contributed by atoms with Crippen LogP contribution >= 0.6 is 11.8 Å². The van der Waals surface area contributed by atoms with Gasteiger partial charge in [-0.05, 0) is 31.5 Å². The summed E-state index contributed by atoms with van der Waals surface area (Å²) in [5.74, 6) is 2.35. The average molecular weight is 262 g/mol. The zero-order chi connectivity index (χ0) is 12.4. The largest absolute Gasteiger partial charge is 0.440 e. The van der Waals surface area contributed by atoms with Gasteiger partial charge in [0.05, 0.1) is 6.20 Å². The molecule has 0 aliphatic heterocycles. The first-order valence-corrected chi connectivity index (χ1v) is 6.87. The molecule has 1 aliphatic rings. The normalized spacial score (nSPS) is 14.7. The lowest BCUT2D eigenvalue weighted by Gasteiger charge is -2.06. The monoisotopic (exact) mass is 262 g/mol. The smallest absolute Gasteiger partial charge is 0.261 e. The fourth-order valence-electron chi connectivity index (χ4n) is 1.64. The Kier molecular flexibility index (Phi) is 3.19. The average Bonchev–Trinajstić information content (AvgIpc) is 3.09. The molecule has 2 heterocycles. The minimum atomic E-state index is 0.535. The molecule has 2 aromatic heterocycles. The summed E-state index contributed by atoms with van der Waals surface area (Å²) in [5.41, 5.74) is 0. The molecule has 1 aliphatic carbocycles. The summed E-state index contributed by atoms with van der Waals surface area (Å²) >= 11 is 1.42. The maximum absolute atomic E-state index is 5.22. The van der Waals surface area contributed by atoms with E-state index in [0.717, 1.165) is 23.2 Å². The Balaban J connectivity index is 1.87. The first-order chi connectivity index (χ1) is 8.85. The van der Waals surface area contributed by atoms with Gasteiger partial charge in [0.25, 0.3) is 5.22 Å². The molecule has 3 rings (SSSR count). The van der Waals surface area contributed by atoms with Gasteiger partial charge in [-0.1, -0.05) is 0 Å². The van der Waals surface area contributed by atoms with Gasteiger partial charge in [-0.3, -0.25) is 0 Å². The Morgan fingerprint density at radius 1 is 1.44 bits per heavy atom. The quantitative estimate of drug-likeness (QED) is 0.836. The van der Waals surface area contributed by atoms with Crippen molar-refractivity contribution in [2.24, 2.45) is 0 Å². The first kappa shape index (κ1) is 11.5. The van der Waals surface area contributed by atoms with Crippen LogP contribution < -0.4 is 5.32 Å². The van der Waals surface area contributed by atoms with E-state index in [1.165, 1.54) is 24.6 Å². The highest BCUT2D eigenvalue weighted by molar-refractivity contribution is 7.99. The molecule has 0 unspecified atom stereocenters. The predicted molar refractivity (Wildman–Crippen MR) is 68.8 cm³/mol. The number of nitrogens with zero attached hydrogens (tertiary/aromatic N) is 3. The van der Waals surface area contributed by atoms with Crippen LogP contribution in [-0.4, -0.2) is 21.5 Å². The van der Waals surface area contributed by atoms with Crippen molar-refractivity contribution in [3.63, 3.8) is 0 Å². The molecule has 5 nitrogen and oxygen atoms in total. The third kappa shape index (κ3) is 2.64. The number of hydrogen-bond acceptors (Lipinski definition) is 6. The Morgan fingerprint density at radius 2 is 2.33 bits per heavy atom. The van der Waals surface area contributed by atoms with Crippen LogP contribution in [0.1, 0.15) is 31.5 Å². The van der Waals surface area contributed by atoms with E-state index < -0.39 is 0 Å². The number of oxazole rings is 1. The molecule has 0 amide bonds. The second-order valence-electron chi connectivity index (χ2n) is 4.15. The molecule has 18 heavy (non-hydrogen) atoms. The maximum atomic E-state index is 5.22. The van der Waals surface area contributed by atoms with Crippen LogP contribution in [0.5, 0.6) is 0 Å². The zero-order valence-electron chi connectivity index (χ0n) is 10.1. The molecule has 0 spiro atoms. The topological polar surface area (TPSA) is 63.8 Å². The number of nitrogens with one attached hydrogen (secondary N) is 1. The fraction of sp³-hybridized carbons (Fsp3) is 0.417. The van der Waals surface area contributed by atoms with Gasteiger partial charge in [-0.25, -0.2) is 15.0 Å². The Morgan fingerprint density at radius 3 is 3.00 bits per heavy atom.